The van der Waals surface area contributed by atoms with Gasteiger partial charge in [-0.2, -0.15) is 18.4 Å². The summed E-state index contributed by atoms with van der Waals surface area (Å²) in [4.78, 5) is 67.5. The fraction of sp³-hybridized carbons (Fsp3) is 0.490. The van der Waals surface area contributed by atoms with E-state index in [4.69, 9.17) is 26.4 Å². The molecule has 4 heterocycles. The molecule has 0 spiro atoms. The van der Waals surface area contributed by atoms with Gasteiger partial charge < -0.3 is 34.6 Å². The summed E-state index contributed by atoms with van der Waals surface area (Å²) in [6, 6.07) is 12.7. The molecular weight excluding hydrogens is 977 g/mol. The number of nitrogens with one attached hydrogen (secondary N) is 2. The molecule has 21 heteroatoms. The fourth-order valence-corrected chi connectivity index (χ4v) is 9.86. The number of carbonyl (C=O) groups excluding carboxylic acids is 4. The minimum atomic E-state index is -5.19. The Hall–Kier alpha value is -6.08. The third kappa shape index (κ3) is 12.9. The first-order valence-corrected chi connectivity index (χ1v) is 25.0. The number of thiocarbonyl (C=S) groups is 1. The van der Waals surface area contributed by atoms with E-state index < -0.39 is 63.7 Å². The molecule has 72 heavy (non-hydrogen) atoms. The zero-order valence-corrected chi connectivity index (χ0v) is 43.0. The Bertz CT molecular complexity index is 2670. The van der Waals surface area contributed by atoms with Gasteiger partial charge in [0.1, 0.15) is 29.8 Å². The van der Waals surface area contributed by atoms with E-state index >= 15 is 4.39 Å². The Labute approximate surface area is 426 Å². The van der Waals surface area contributed by atoms with E-state index in [0.29, 0.717) is 80.8 Å². The first-order chi connectivity index (χ1) is 34.1. The van der Waals surface area contributed by atoms with Gasteiger partial charge in [-0.1, -0.05) is 45.0 Å². The highest BCUT2D eigenvalue weighted by Gasteiger charge is 2.52. The number of alkyl halides is 3. The summed E-state index contributed by atoms with van der Waals surface area (Å²) >= 11 is 7.13. The summed E-state index contributed by atoms with van der Waals surface area (Å²) in [7, 11) is 0. The van der Waals surface area contributed by atoms with Crippen LogP contribution in [0.5, 0.6) is 5.88 Å². The zero-order chi connectivity index (χ0) is 52.5. The van der Waals surface area contributed by atoms with Crippen molar-refractivity contribution in [2.75, 3.05) is 49.4 Å². The standard InChI is InChI=1S/C51H60F4N8O7S2/c1-31-36(63-48(71)62(47(67)50(63,6)7)37-19-18-35(27-56)41(42(37)52)51(53,54)55)20-21-40(59-31)70-26-10-8-9-23-68-24-12-25-69-29-39(64)60-44(49(3,4)5)46(66)61-22-11-13-38(61)45(65)57-28-33-14-16-34(17-15-33)43-32(2)58-30-72-43/h14-21,30,38,44H,8-13,22-26,28-29H2,1-7H3,(H,57,65)(H,60,64)/t38-,44+/m0/s1. The van der Waals surface area contributed by atoms with E-state index in [1.165, 1.54) is 24.8 Å². The number of nitriles is 1. The summed E-state index contributed by atoms with van der Waals surface area (Å²) < 4.78 is 73.9. The molecule has 4 aromatic rings. The highest BCUT2D eigenvalue weighted by Crippen LogP contribution is 2.42. The molecule has 15 nitrogen and oxygen atoms in total. The number of pyridine rings is 1. The monoisotopic (exact) mass is 1040 g/mol. The van der Waals surface area contributed by atoms with Crippen LogP contribution in [0.4, 0.5) is 28.9 Å². The average molecular weight is 1040 g/mol. The number of aryl methyl sites for hydroxylation is 2. The van der Waals surface area contributed by atoms with E-state index in [9.17, 15) is 37.6 Å². The molecule has 2 aromatic heterocycles. The predicted molar refractivity (Wildman–Crippen MR) is 268 cm³/mol. The first kappa shape index (κ1) is 55.2. The number of unbranched alkanes of at least 4 members (excludes halogenated alkanes) is 2. The lowest BCUT2D eigenvalue weighted by molar-refractivity contribution is -0.144. The van der Waals surface area contributed by atoms with Crippen molar-refractivity contribution in [2.45, 2.75) is 117 Å². The van der Waals surface area contributed by atoms with Crippen LogP contribution in [0, 0.1) is 36.4 Å². The predicted octanol–water partition coefficient (Wildman–Crippen LogP) is 8.58. The summed E-state index contributed by atoms with van der Waals surface area (Å²) in [6.07, 6.45) is -1.18. The van der Waals surface area contributed by atoms with Crippen LogP contribution in [-0.2, 0) is 41.4 Å². The second-order valence-corrected chi connectivity index (χ2v) is 20.4. The summed E-state index contributed by atoms with van der Waals surface area (Å²) in [5.74, 6) is -3.21. The first-order valence-electron chi connectivity index (χ1n) is 23.7. The van der Waals surface area contributed by atoms with Crippen LogP contribution in [-0.4, -0.2) is 101 Å². The molecule has 0 saturated carbocycles. The molecule has 4 amide bonds. The van der Waals surface area contributed by atoms with Crippen molar-refractivity contribution in [1.82, 2.24) is 25.5 Å². The van der Waals surface area contributed by atoms with Gasteiger partial charge in [-0.25, -0.2) is 14.4 Å². The molecule has 2 N–H and O–H groups in total. The second-order valence-electron chi connectivity index (χ2n) is 19.2. The van der Waals surface area contributed by atoms with Crippen LogP contribution in [0.2, 0.25) is 0 Å². The number of aromatic nitrogens is 2. The van der Waals surface area contributed by atoms with Gasteiger partial charge in [0.15, 0.2) is 10.9 Å². The molecular formula is C51H60F4N8O7S2. The van der Waals surface area contributed by atoms with Crippen molar-refractivity contribution in [3.63, 3.8) is 0 Å². The summed E-state index contributed by atoms with van der Waals surface area (Å²) in [5, 5.41) is 14.8. The number of thiazole rings is 1. The molecule has 386 valence electrons. The molecule has 2 aliphatic rings. The Morgan fingerprint density at radius 1 is 0.944 bits per heavy atom. The minimum Gasteiger partial charge on any atom is -0.478 e. The van der Waals surface area contributed by atoms with E-state index in [1.807, 2.05) is 57.5 Å². The van der Waals surface area contributed by atoms with Gasteiger partial charge in [-0.15, -0.1) is 11.3 Å². The van der Waals surface area contributed by atoms with Gasteiger partial charge in [0.05, 0.1) is 51.4 Å². The fourth-order valence-electron chi connectivity index (χ4n) is 8.54. The minimum absolute atomic E-state index is 0.231. The van der Waals surface area contributed by atoms with Gasteiger partial charge in [0.2, 0.25) is 23.6 Å². The van der Waals surface area contributed by atoms with Gasteiger partial charge in [0, 0.05) is 39.0 Å². The van der Waals surface area contributed by atoms with Gasteiger partial charge in [-0.05, 0) is 113 Å². The molecule has 2 atom stereocenters. The maximum Gasteiger partial charge on any atom is 0.420 e. The molecule has 6 rings (SSSR count). The molecule has 0 aliphatic carbocycles. The number of amides is 4. The number of rotatable bonds is 21. The van der Waals surface area contributed by atoms with Gasteiger partial charge in [-0.3, -0.25) is 24.1 Å². The van der Waals surface area contributed by atoms with Gasteiger partial charge >= 0.3 is 6.18 Å². The highest BCUT2D eigenvalue weighted by molar-refractivity contribution is 7.81. The smallest absolute Gasteiger partial charge is 0.420 e. The summed E-state index contributed by atoms with van der Waals surface area (Å²) in [5.41, 5.74) is 0.0862. The topological polar surface area (TPSA) is 179 Å². The van der Waals surface area contributed by atoms with Crippen molar-refractivity contribution in [3.8, 4) is 22.4 Å². The number of benzene rings is 2. The molecule has 2 saturated heterocycles. The van der Waals surface area contributed by atoms with Crippen LogP contribution in [0.15, 0.2) is 54.0 Å². The summed E-state index contributed by atoms with van der Waals surface area (Å²) in [6.45, 7) is 14.3. The molecule has 2 fully saturated rings. The Kier molecular flexibility index (Phi) is 18.1. The average Bonchev–Trinajstić information content (AvgIpc) is 4.04. The quantitative estimate of drug-likeness (QED) is 0.0462. The molecule has 2 aromatic carbocycles. The lowest BCUT2D eigenvalue weighted by atomic mass is 9.85. The maximum atomic E-state index is 15.4. The molecule has 2 aliphatic heterocycles. The number of carbonyl (C=O) groups is 4. The van der Waals surface area contributed by atoms with E-state index in [0.717, 1.165) is 46.7 Å². The number of anilines is 2. The van der Waals surface area contributed by atoms with Crippen molar-refractivity contribution >= 4 is 63.7 Å². The lowest BCUT2D eigenvalue weighted by Crippen LogP contribution is -2.58. The number of hydrogen-bond donors (Lipinski definition) is 2. The van der Waals surface area contributed by atoms with Crippen LogP contribution in [0.1, 0.15) is 101 Å². The maximum absolute atomic E-state index is 15.4. The SMILES string of the molecule is Cc1nc(OCCCCCOCCCOCC(=O)N[C@H](C(=O)N2CCC[C@H]2C(=O)NCc2ccc(-c3scnc3C)cc2)C(C)(C)C)ccc1N1C(=S)N(c2ccc(C#N)c(C(F)(F)F)c2F)C(=O)C1(C)C. The normalized spacial score (nSPS) is 16.2. The van der Waals surface area contributed by atoms with Crippen LogP contribution >= 0.6 is 23.6 Å². The third-order valence-electron chi connectivity index (χ3n) is 12.4. The van der Waals surface area contributed by atoms with Crippen molar-refractivity contribution in [1.29, 1.82) is 5.26 Å². The molecule has 0 radical (unpaired) electrons. The Morgan fingerprint density at radius 2 is 1.62 bits per heavy atom. The zero-order valence-electron chi connectivity index (χ0n) is 41.4. The van der Waals surface area contributed by atoms with Crippen LogP contribution < -0.4 is 25.2 Å². The number of nitrogens with zero attached hydrogens (tertiary/aromatic N) is 6. The number of halogens is 4. The van der Waals surface area contributed by atoms with E-state index in [2.05, 4.69) is 20.6 Å². The highest BCUT2D eigenvalue weighted by atomic mass is 32.1. The van der Waals surface area contributed by atoms with Crippen molar-refractivity contribution < 1.29 is 51.0 Å². The third-order valence-corrected chi connectivity index (χ3v) is 13.7. The van der Waals surface area contributed by atoms with Crippen molar-refractivity contribution in [3.05, 3.63) is 87.9 Å². The lowest BCUT2D eigenvalue weighted by Gasteiger charge is -2.35. The van der Waals surface area contributed by atoms with Crippen LogP contribution in [0.25, 0.3) is 10.4 Å². The van der Waals surface area contributed by atoms with Crippen LogP contribution in [0.3, 0.4) is 0 Å². The number of hydrogen-bond acceptors (Lipinski definition) is 12. The van der Waals surface area contributed by atoms with Gasteiger partial charge in [0.25, 0.3) is 5.91 Å². The van der Waals surface area contributed by atoms with Crippen molar-refractivity contribution in [2.24, 2.45) is 5.41 Å². The second kappa shape index (κ2) is 23.6. The van der Waals surface area contributed by atoms with E-state index in [-0.39, 0.29) is 30.1 Å². The Balaban J connectivity index is 0.861. The number of ether oxygens (including phenoxy) is 3. The Morgan fingerprint density at radius 3 is 2.28 bits per heavy atom. The number of likely N-dealkylation sites (tertiary alicyclic amines) is 1. The molecule has 0 bridgehead atoms. The van der Waals surface area contributed by atoms with E-state index in [1.54, 1.807) is 35.3 Å². The largest absolute Gasteiger partial charge is 0.478 e. The molecule has 0 unspecified atom stereocenters.